The zero-order valence-electron chi connectivity index (χ0n) is 21.0. The van der Waals surface area contributed by atoms with Crippen molar-refractivity contribution in [2.45, 2.75) is 45.3 Å². The molecule has 0 bridgehead atoms. The summed E-state index contributed by atoms with van der Waals surface area (Å²) in [7, 11) is 0. The van der Waals surface area contributed by atoms with Gasteiger partial charge >= 0.3 is 0 Å². The highest BCUT2D eigenvalue weighted by atomic mass is 16.2. The van der Waals surface area contributed by atoms with Crippen LogP contribution in [0.15, 0.2) is 91.1 Å². The van der Waals surface area contributed by atoms with Gasteiger partial charge in [0.1, 0.15) is 0 Å². The molecule has 4 nitrogen and oxygen atoms in total. The average Bonchev–Trinajstić information content (AvgIpc) is 2.90. The summed E-state index contributed by atoms with van der Waals surface area (Å²) in [6.45, 7) is 5.61. The Bertz CT molecular complexity index is 1350. The van der Waals surface area contributed by atoms with E-state index in [2.05, 4.69) is 78.8 Å². The van der Waals surface area contributed by atoms with E-state index in [-0.39, 0.29) is 11.9 Å². The molecule has 0 spiro atoms. The fraction of sp³-hybridized carbons (Fsp3) is 0.250. The second kappa shape index (κ2) is 10.9. The predicted molar refractivity (Wildman–Crippen MR) is 148 cm³/mol. The Morgan fingerprint density at radius 1 is 1.00 bits per heavy atom. The highest BCUT2D eigenvalue weighted by Crippen LogP contribution is 2.24. The number of likely N-dealkylation sites (tertiary alicyclic amines) is 1. The van der Waals surface area contributed by atoms with Gasteiger partial charge < -0.3 is 10.2 Å². The predicted octanol–water partition coefficient (Wildman–Crippen LogP) is 6.33. The summed E-state index contributed by atoms with van der Waals surface area (Å²) in [5.41, 5.74) is 6.45. The Hall–Kier alpha value is -3.76. The summed E-state index contributed by atoms with van der Waals surface area (Å²) in [6, 6.07) is 27.2. The first-order valence-corrected chi connectivity index (χ1v) is 12.8. The number of aryl methyl sites for hydroxylation is 2. The zero-order valence-corrected chi connectivity index (χ0v) is 21.0. The SMILES string of the molecule is Cc1cc(C)cc(C(=O)N2CCC(NCc3ccnc4ccccc34)CC2/C=C/c2ccccc2)c1. The van der Waals surface area contributed by atoms with Gasteiger partial charge in [-0.1, -0.05) is 77.9 Å². The van der Waals surface area contributed by atoms with Crippen LogP contribution >= 0.6 is 0 Å². The van der Waals surface area contributed by atoms with E-state index in [0.29, 0.717) is 6.04 Å². The third-order valence-corrected chi connectivity index (χ3v) is 7.01. The smallest absolute Gasteiger partial charge is 0.254 e. The van der Waals surface area contributed by atoms with Crippen molar-refractivity contribution in [1.29, 1.82) is 0 Å². The molecule has 1 amide bonds. The molecule has 1 N–H and O–H groups in total. The Kier molecular flexibility index (Phi) is 7.24. The van der Waals surface area contributed by atoms with Gasteiger partial charge in [0.15, 0.2) is 0 Å². The van der Waals surface area contributed by atoms with Gasteiger partial charge in [-0.2, -0.15) is 0 Å². The normalized spacial score (nSPS) is 18.1. The lowest BCUT2D eigenvalue weighted by Gasteiger charge is -2.39. The maximum Gasteiger partial charge on any atom is 0.254 e. The maximum absolute atomic E-state index is 13.6. The van der Waals surface area contributed by atoms with E-state index < -0.39 is 0 Å². The van der Waals surface area contributed by atoms with E-state index in [0.717, 1.165) is 53.7 Å². The minimum atomic E-state index is 0.0268. The number of hydrogen-bond donors (Lipinski definition) is 1. The highest BCUT2D eigenvalue weighted by molar-refractivity contribution is 5.95. The van der Waals surface area contributed by atoms with Gasteiger partial charge in [-0.05, 0) is 62.1 Å². The fourth-order valence-electron chi connectivity index (χ4n) is 5.23. The lowest BCUT2D eigenvalue weighted by molar-refractivity contribution is 0.0636. The molecule has 1 aromatic heterocycles. The quantitative estimate of drug-likeness (QED) is 0.355. The van der Waals surface area contributed by atoms with Crippen LogP contribution in [0.3, 0.4) is 0 Å². The number of benzene rings is 3. The Morgan fingerprint density at radius 2 is 1.75 bits per heavy atom. The number of amides is 1. The van der Waals surface area contributed by atoms with Gasteiger partial charge in [-0.25, -0.2) is 0 Å². The standard InChI is InChI=1S/C32H33N3O/c1-23-18-24(2)20-27(19-23)32(36)35-17-15-28(21-29(35)13-12-25-8-4-3-5-9-25)34-22-26-14-16-33-31-11-7-6-10-30(26)31/h3-14,16,18-20,28-29,34H,15,17,21-22H2,1-2H3/b13-12+. The summed E-state index contributed by atoms with van der Waals surface area (Å²) in [4.78, 5) is 20.2. The van der Waals surface area contributed by atoms with Gasteiger partial charge in [0.05, 0.1) is 11.6 Å². The zero-order chi connectivity index (χ0) is 24.9. The summed E-state index contributed by atoms with van der Waals surface area (Å²) in [5, 5.41) is 4.97. The molecule has 2 unspecified atom stereocenters. The summed E-state index contributed by atoms with van der Waals surface area (Å²) >= 11 is 0. The van der Waals surface area contributed by atoms with E-state index in [1.165, 1.54) is 10.9 Å². The Balaban J connectivity index is 1.35. The molecule has 0 radical (unpaired) electrons. The molecule has 36 heavy (non-hydrogen) atoms. The van der Waals surface area contributed by atoms with Gasteiger partial charge in [0.2, 0.25) is 0 Å². The van der Waals surface area contributed by atoms with E-state index >= 15 is 0 Å². The van der Waals surface area contributed by atoms with E-state index in [1.807, 2.05) is 47.5 Å². The molecule has 4 aromatic rings. The lowest BCUT2D eigenvalue weighted by atomic mass is 9.94. The van der Waals surface area contributed by atoms with Crippen LogP contribution in [0.25, 0.3) is 17.0 Å². The maximum atomic E-state index is 13.6. The number of piperidine rings is 1. The van der Waals surface area contributed by atoms with Crippen LogP contribution in [0, 0.1) is 13.8 Å². The molecule has 1 saturated heterocycles. The number of nitrogens with zero attached hydrogens (tertiary/aromatic N) is 2. The number of pyridine rings is 1. The Labute approximate surface area is 213 Å². The molecule has 0 aliphatic carbocycles. The first-order chi connectivity index (χ1) is 17.6. The third kappa shape index (κ3) is 5.55. The van der Waals surface area contributed by atoms with E-state index in [1.54, 1.807) is 0 Å². The third-order valence-electron chi connectivity index (χ3n) is 7.01. The number of para-hydroxylation sites is 1. The van der Waals surface area contributed by atoms with Crippen molar-refractivity contribution in [3.05, 3.63) is 119 Å². The fourth-order valence-corrected chi connectivity index (χ4v) is 5.23. The Morgan fingerprint density at radius 3 is 2.56 bits per heavy atom. The van der Waals surface area contributed by atoms with Gasteiger partial charge in [-0.15, -0.1) is 0 Å². The number of aromatic nitrogens is 1. The number of hydrogen-bond acceptors (Lipinski definition) is 3. The summed E-state index contributed by atoms with van der Waals surface area (Å²) < 4.78 is 0. The molecule has 1 fully saturated rings. The van der Waals surface area contributed by atoms with Crippen molar-refractivity contribution in [3.8, 4) is 0 Å². The number of nitrogens with one attached hydrogen (secondary N) is 1. The van der Waals surface area contributed by atoms with Crippen LogP contribution in [0.2, 0.25) is 0 Å². The molecule has 3 aromatic carbocycles. The molecule has 2 atom stereocenters. The van der Waals surface area contributed by atoms with Crippen molar-refractivity contribution in [2.75, 3.05) is 6.54 Å². The molecule has 182 valence electrons. The van der Waals surface area contributed by atoms with Crippen LogP contribution in [0.1, 0.15) is 45.5 Å². The second-order valence-corrected chi connectivity index (χ2v) is 9.80. The average molecular weight is 476 g/mol. The topological polar surface area (TPSA) is 45.2 Å². The van der Waals surface area contributed by atoms with Crippen molar-refractivity contribution in [3.63, 3.8) is 0 Å². The van der Waals surface area contributed by atoms with E-state index in [9.17, 15) is 4.79 Å². The molecule has 5 rings (SSSR count). The molecule has 4 heteroatoms. The van der Waals surface area contributed by atoms with Crippen LogP contribution in [-0.2, 0) is 6.54 Å². The number of fused-ring (bicyclic) bond motifs is 1. The second-order valence-electron chi connectivity index (χ2n) is 9.80. The molecule has 0 saturated carbocycles. The molecular formula is C32H33N3O. The van der Waals surface area contributed by atoms with Crippen LogP contribution in [0.5, 0.6) is 0 Å². The van der Waals surface area contributed by atoms with E-state index in [4.69, 9.17) is 0 Å². The molecule has 2 heterocycles. The first kappa shape index (κ1) is 24.0. The minimum absolute atomic E-state index is 0.0268. The largest absolute Gasteiger partial charge is 0.332 e. The van der Waals surface area contributed by atoms with Crippen molar-refractivity contribution in [2.24, 2.45) is 0 Å². The molecule has 1 aliphatic heterocycles. The van der Waals surface area contributed by atoms with Crippen LogP contribution in [-0.4, -0.2) is 34.4 Å². The summed E-state index contributed by atoms with van der Waals surface area (Å²) in [5.74, 6) is 0.114. The highest BCUT2D eigenvalue weighted by Gasteiger charge is 2.30. The van der Waals surface area contributed by atoms with Crippen molar-refractivity contribution < 1.29 is 4.79 Å². The summed E-state index contributed by atoms with van der Waals surface area (Å²) in [6.07, 6.45) is 8.03. The molecular weight excluding hydrogens is 442 g/mol. The number of rotatable bonds is 6. The molecule has 1 aliphatic rings. The van der Waals surface area contributed by atoms with Crippen molar-refractivity contribution in [1.82, 2.24) is 15.2 Å². The van der Waals surface area contributed by atoms with Gasteiger partial charge in [-0.3, -0.25) is 9.78 Å². The van der Waals surface area contributed by atoms with Crippen molar-refractivity contribution >= 4 is 22.9 Å². The number of carbonyl (C=O) groups is 1. The minimum Gasteiger partial charge on any atom is -0.332 e. The van der Waals surface area contributed by atoms with Crippen LogP contribution in [0.4, 0.5) is 0 Å². The first-order valence-electron chi connectivity index (χ1n) is 12.8. The lowest BCUT2D eigenvalue weighted by Crippen LogP contribution is -2.50. The monoisotopic (exact) mass is 475 g/mol. The number of carbonyl (C=O) groups excluding carboxylic acids is 1. The van der Waals surface area contributed by atoms with Gasteiger partial charge in [0, 0.05) is 36.3 Å². The van der Waals surface area contributed by atoms with Crippen LogP contribution < -0.4 is 5.32 Å². The van der Waals surface area contributed by atoms with Gasteiger partial charge in [0.25, 0.3) is 5.91 Å².